The molecule has 0 bridgehead atoms. The van der Waals surface area contributed by atoms with E-state index in [1.807, 2.05) is 0 Å². The van der Waals surface area contributed by atoms with Crippen molar-refractivity contribution in [3.63, 3.8) is 0 Å². The van der Waals surface area contributed by atoms with Crippen LogP contribution >= 0.6 is 33.9 Å². The largest absolute Gasteiger partial charge is 0.147 e. The number of unbranched alkanes of at least 4 members (excludes halogenated alkanes) is 1. The third-order valence-electron chi connectivity index (χ3n) is 2.63. The number of rotatable bonds is 4. The molecule has 0 amide bonds. The molecule has 0 nitrogen and oxygen atoms in total. The van der Waals surface area contributed by atoms with Crippen LogP contribution in [-0.2, 0) is 10.8 Å². The van der Waals surface area contributed by atoms with Gasteiger partial charge in [0.05, 0.1) is 0 Å². The third kappa shape index (κ3) is 4.47. The number of hydrogen-bond acceptors (Lipinski definition) is 1. The van der Waals surface area contributed by atoms with Gasteiger partial charge in [0, 0.05) is 26.7 Å². The molecule has 1 aromatic carbocycles. The Morgan fingerprint density at radius 2 is 2.00 bits per heavy atom. The van der Waals surface area contributed by atoms with E-state index in [0.29, 0.717) is 0 Å². The third-order valence-corrected chi connectivity index (χ3v) is 4.90. The molecule has 0 atom stereocenters. The predicted molar refractivity (Wildman–Crippen MR) is 88.3 cm³/mol. The molecule has 0 saturated carbocycles. The molecule has 1 aromatic heterocycles. The molecule has 0 aliphatic rings. The van der Waals surface area contributed by atoms with Crippen LogP contribution in [0.3, 0.4) is 0 Å². The Bertz CT molecular complexity index is 531. The molecule has 2 heteroatoms. The van der Waals surface area contributed by atoms with Crippen LogP contribution in [0.4, 0.5) is 0 Å². The van der Waals surface area contributed by atoms with Crippen LogP contribution in [-0.4, -0.2) is 0 Å². The van der Waals surface area contributed by atoms with Crippen molar-refractivity contribution < 1.29 is 0 Å². The minimum absolute atomic E-state index is 0.976. The van der Waals surface area contributed by atoms with Gasteiger partial charge in [0.1, 0.15) is 0 Å². The first-order valence-corrected chi connectivity index (χ1v) is 8.45. The number of hydrogen-bond donors (Lipinski definition) is 0. The van der Waals surface area contributed by atoms with Gasteiger partial charge in [0.15, 0.2) is 0 Å². The topological polar surface area (TPSA) is 0 Å². The Balaban J connectivity index is 1.76. The van der Waals surface area contributed by atoms with Crippen LogP contribution in [0.1, 0.15) is 28.8 Å². The lowest BCUT2D eigenvalue weighted by molar-refractivity contribution is 0.858. The zero-order chi connectivity index (χ0) is 12.6. The quantitative estimate of drug-likeness (QED) is 0.307. The van der Waals surface area contributed by atoms with Crippen LogP contribution in [0.2, 0.25) is 0 Å². The molecule has 0 radical (unpaired) electrons. The molecule has 92 valence electrons. The van der Waals surface area contributed by atoms with Gasteiger partial charge in [-0.1, -0.05) is 64.8 Å². The Hall–Kier alpha value is -0.790. The van der Waals surface area contributed by atoms with Gasteiger partial charge >= 0.3 is 0 Å². The van der Waals surface area contributed by atoms with E-state index in [9.17, 15) is 0 Å². The lowest BCUT2D eigenvalue weighted by Gasteiger charge is -1.96. The molecule has 1 heterocycles. The van der Waals surface area contributed by atoms with E-state index in [-0.39, 0.29) is 0 Å². The number of thiophene rings is 1. The summed E-state index contributed by atoms with van der Waals surface area (Å²) in [6.45, 7) is 0. The fraction of sp³-hybridized carbons (Fsp3) is 0.250. The number of aryl methyl sites for hydroxylation is 1. The summed E-state index contributed by atoms with van der Waals surface area (Å²) in [4.78, 5) is 1.41. The summed E-state index contributed by atoms with van der Waals surface area (Å²) in [6.07, 6.45) is 3.24. The first kappa shape index (κ1) is 13.6. The van der Waals surface area contributed by atoms with E-state index in [4.69, 9.17) is 0 Å². The molecule has 0 aliphatic carbocycles. The summed E-state index contributed by atoms with van der Waals surface area (Å²) in [6, 6.07) is 12.8. The predicted octanol–water partition coefficient (Wildman–Crippen LogP) is 5.06. The molecule has 18 heavy (non-hydrogen) atoms. The second kappa shape index (κ2) is 7.60. The molecule has 0 saturated heterocycles. The summed E-state index contributed by atoms with van der Waals surface area (Å²) < 4.78 is 1.08. The minimum Gasteiger partial charge on any atom is -0.147 e. The SMILES string of the molecule is ICc1cc(C#CCCCc2ccccc2)cs1. The van der Waals surface area contributed by atoms with E-state index >= 15 is 0 Å². The van der Waals surface area contributed by atoms with Crippen LogP contribution in [0.15, 0.2) is 41.8 Å². The van der Waals surface area contributed by atoms with Crippen molar-refractivity contribution in [2.45, 2.75) is 23.7 Å². The van der Waals surface area contributed by atoms with Crippen LogP contribution in [0.25, 0.3) is 0 Å². The van der Waals surface area contributed by atoms with Gasteiger partial charge in [-0.25, -0.2) is 0 Å². The number of alkyl halides is 1. The first-order valence-electron chi connectivity index (χ1n) is 6.04. The Kier molecular flexibility index (Phi) is 5.76. The average molecular weight is 366 g/mol. The fourth-order valence-electron chi connectivity index (χ4n) is 1.71. The lowest BCUT2D eigenvalue weighted by atomic mass is 10.1. The summed E-state index contributed by atoms with van der Waals surface area (Å²) in [7, 11) is 0. The average Bonchev–Trinajstić information content (AvgIpc) is 2.87. The summed E-state index contributed by atoms with van der Waals surface area (Å²) in [5, 5.41) is 2.15. The first-order chi connectivity index (χ1) is 8.88. The molecule has 0 N–H and O–H groups in total. The summed E-state index contributed by atoms with van der Waals surface area (Å²) >= 11 is 4.19. The van der Waals surface area contributed by atoms with E-state index in [2.05, 4.69) is 76.2 Å². The minimum atomic E-state index is 0.976. The maximum absolute atomic E-state index is 3.26. The molecular formula is C16H15IS. The number of benzene rings is 1. The second-order valence-electron chi connectivity index (χ2n) is 4.08. The monoisotopic (exact) mass is 366 g/mol. The van der Waals surface area contributed by atoms with Crippen LogP contribution in [0.5, 0.6) is 0 Å². The van der Waals surface area contributed by atoms with Crippen LogP contribution < -0.4 is 0 Å². The Morgan fingerprint density at radius 1 is 1.17 bits per heavy atom. The molecular weight excluding hydrogens is 351 g/mol. The summed E-state index contributed by atoms with van der Waals surface area (Å²) in [5.41, 5.74) is 2.58. The van der Waals surface area contributed by atoms with E-state index in [1.54, 1.807) is 11.3 Å². The highest BCUT2D eigenvalue weighted by Gasteiger charge is 1.94. The van der Waals surface area contributed by atoms with Crippen molar-refractivity contribution in [2.24, 2.45) is 0 Å². The van der Waals surface area contributed by atoms with Gasteiger partial charge in [-0.15, -0.1) is 11.3 Å². The van der Waals surface area contributed by atoms with Crippen molar-refractivity contribution in [2.75, 3.05) is 0 Å². The number of halogens is 1. The lowest BCUT2D eigenvalue weighted by Crippen LogP contribution is -1.83. The van der Waals surface area contributed by atoms with Crippen molar-refractivity contribution in [3.8, 4) is 11.8 Å². The highest BCUT2D eigenvalue weighted by Crippen LogP contribution is 2.16. The maximum atomic E-state index is 3.26. The smallest absolute Gasteiger partial charge is 0.0355 e. The standard InChI is InChI=1S/C16H15IS/c17-12-16-11-15(13-18-16)10-6-2-5-9-14-7-3-1-4-8-14/h1,3-4,7-8,11,13H,2,5,9,12H2. The van der Waals surface area contributed by atoms with E-state index in [1.165, 1.54) is 16.0 Å². The highest BCUT2D eigenvalue weighted by molar-refractivity contribution is 14.1. The van der Waals surface area contributed by atoms with Gasteiger partial charge in [-0.2, -0.15) is 0 Å². The molecule has 2 rings (SSSR count). The van der Waals surface area contributed by atoms with Gasteiger partial charge in [0.2, 0.25) is 0 Å². The second-order valence-corrected chi connectivity index (χ2v) is 5.83. The van der Waals surface area contributed by atoms with Gasteiger partial charge in [-0.3, -0.25) is 0 Å². The zero-order valence-electron chi connectivity index (χ0n) is 10.2. The molecule has 0 spiro atoms. The van der Waals surface area contributed by atoms with Gasteiger partial charge < -0.3 is 0 Å². The molecule has 0 fully saturated rings. The van der Waals surface area contributed by atoms with Crippen molar-refractivity contribution >= 4 is 33.9 Å². The maximum Gasteiger partial charge on any atom is 0.0355 e. The Morgan fingerprint density at radius 3 is 2.72 bits per heavy atom. The van der Waals surface area contributed by atoms with Gasteiger partial charge in [-0.05, 0) is 24.5 Å². The molecule has 2 aromatic rings. The van der Waals surface area contributed by atoms with Crippen molar-refractivity contribution in [1.29, 1.82) is 0 Å². The fourth-order valence-corrected chi connectivity index (χ4v) is 3.13. The van der Waals surface area contributed by atoms with E-state index in [0.717, 1.165) is 23.7 Å². The zero-order valence-corrected chi connectivity index (χ0v) is 13.1. The highest BCUT2D eigenvalue weighted by atomic mass is 127. The molecule has 0 unspecified atom stereocenters. The normalized spacial score (nSPS) is 9.83. The molecule has 0 aliphatic heterocycles. The van der Waals surface area contributed by atoms with Gasteiger partial charge in [0.25, 0.3) is 0 Å². The van der Waals surface area contributed by atoms with Crippen LogP contribution in [0, 0.1) is 11.8 Å². The Labute approximate surface area is 127 Å². The van der Waals surface area contributed by atoms with Crippen molar-refractivity contribution in [3.05, 3.63) is 57.8 Å². The van der Waals surface area contributed by atoms with Crippen molar-refractivity contribution in [1.82, 2.24) is 0 Å². The van der Waals surface area contributed by atoms with E-state index < -0.39 is 0 Å². The summed E-state index contributed by atoms with van der Waals surface area (Å²) in [5.74, 6) is 6.51.